The van der Waals surface area contributed by atoms with E-state index >= 15 is 0 Å². The fourth-order valence-electron chi connectivity index (χ4n) is 2.71. The number of ether oxygens (including phenoxy) is 1. The summed E-state index contributed by atoms with van der Waals surface area (Å²) in [7, 11) is 1.63. The molecule has 0 atom stereocenters. The Kier molecular flexibility index (Phi) is 3.57. The first-order valence-electron chi connectivity index (χ1n) is 7.54. The summed E-state index contributed by atoms with van der Waals surface area (Å²) in [4.78, 5) is 12.8. The van der Waals surface area contributed by atoms with Gasteiger partial charge in [0.2, 0.25) is 0 Å². The summed E-state index contributed by atoms with van der Waals surface area (Å²) >= 11 is 0. The lowest BCUT2D eigenvalue weighted by atomic mass is 9.98. The molecule has 1 aromatic carbocycles. The SMILES string of the molecule is COc1ccc(-c2ccc(C(C)(C)O)c(=O)n2C2CC2)cc1. The molecule has 1 N–H and O–H groups in total. The van der Waals surface area contributed by atoms with Gasteiger partial charge in [0.15, 0.2) is 0 Å². The molecule has 1 fully saturated rings. The summed E-state index contributed by atoms with van der Waals surface area (Å²) in [6, 6.07) is 11.6. The van der Waals surface area contributed by atoms with E-state index in [0.717, 1.165) is 29.8 Å². The molecule has 0 saturated heterocycles. The summed E-state index contributed by atoms with van der Waals surface area (Å²) < 4.78 is 7.01. The number of benzene rings is 1. The van der Waals surface area contributed by atoms with Crippen LogP contribution < -0.4 is 10.3 Å². The first-order chi connectivity index (χ1) is 10.4. The molecule has 0 radical (unpaired) electrons. The van der Waals surface area contributed by atoms with Crippen LogP contribution in [0.5, 0.6) is 5.75 Å². The Morgan fingerprint density at radius 3 is 2.27 bits per heavy atom. The highest BCUT2D eigenvalue weighted by molar-refractivity contribution is 5.61. The van der Waals surface area contributed by atoms with Gasteiger partial charge < -0.3 is 14.4 Å². The largest absolute Gasteiger partial charge is 0.497 e. The van der Waals surface area contributed by atoms with E-state index in [-0.39, 0.29) is 11.6 Å². The van der Waals surface area contributed by atoms with E-state index in [1.807, 2.05) is 34.9 Å². The van der Waals surface area contributed by atoms with Crippen LogP contribution in [0.25, 0.3) is 11.3 Å². The van der Waals surface area contributed by atoms with Crippen molar-refractivity contribution in [2.24, 2.45) is 0 Å². The predicted molar refractivity (Wildman–Crippen MR) is 86.2 cm³/mol. The molecule has 0 spiro atoms. The second kappa shape index (κ2) is 5.29. The van der Waals surface area contributed by atoms with Gasteiger partial charge in [0.1, 0.15) is 5.75 Å². The Bertz CT molecular complexity index is 734. The summed E-state index contributed by atoms with van der Waals surface area (Å²) in [5.74, 6) is 0.789. The lowest BCUT2D eigenvalue weighted by Crippen LogP contribution is -2.32. The number of aromatic nitrogens is 1. The Morgan fingerprint density at radius 2 is 1.77 bits per heavy atom. The molecular weight excluding hydrogens is 278 g/mol. The lowest BCUT2D eigenvalue weighted by Gasteiger charge is -2.21. The van der Waals surface area contributed by atoms with Crippen LogP contribution in [0.4, 0.5) is 0 Å². The highest BCUT2D eigenvalue weighted by Crippen LogP contribution is 2.38. The number of hydrogen-bond donors (Lipinski definition) is 1. The normalized spacial score (nSPS) is 14.9. The van der Waals surface area contributed by atoms with Crippen molar-refractivity contribution >= 4 is 0 Å². The standard InChI is InChI=1S/C18H21NO3/c1-18(2,21)15-10-11-16(19(17(15)20)13-6-7-13)12-4-8-14(22-3)9-5-12/h4-5,8-11,13,21H,6-7H2,1-3H3. The average Bonchev–Trinajstić information content (AvgIpc) is 3.30. The third kappa shape index (κ3) is 2.66. The van der Waals surface area contributed by atoms with Gasteiger partial charge in [-0.15, -0.1) is 0 Å². The van der Waals surface area contributed by atoms with Crippen molar-refractivity contribution in [2.45, 2.75) is 38.3 Å². The summed E-state index contributed by atoms with van der Waals surface area (Å²) in [6.45, 7) is 3.29. The van der Waals surface area contributed by atoms with Gasteiger partial charge in [-0.1, -0.05) is 0 Å². The van der Waals surface area contributed by atoms with Crippen LogP contribution in [0.3, 0.4) is 0 Å². The Hall–Kier alpha value is -2.07. The molecule has 0 aliphatic heterocycles. The van der Waals surface area contributed by atoms with Gasteiger partial charge in [-0.3, -0.25) is 4.79 Å². The van der Waals surface area contributed by atoms with Gasteiger partial charge >= 0.3 is 0 Å². The van der Waals surface area contributed by atoms with Gasteiger partial charge in [-0.05, 0) is 68.7 Å². The van der Waals surface area contributed by atoms with Gasteiger partial charge in [0.25, 0.3) is 5.56 Å². The molecule has 0 bridgehead atoms. The van der Waals surface area contributed by atoms with Crippen molar-refractivity contribution in [1.29, 1.82) is 0 Å². The minimum absolute atomic E-state index is 0.0941. The minimum Gasteiger partial charge on any atom is -0.497 e. The number of nitrogens with zero attached hydrogens (tertiary/aromatic N) is 1. The highest BCUT2D eigenvalue weighted by atomic mass is 16.5. The third-order valence-corrected chi connectivity index (χ3v) is 4.07. The Labute approximate surface area is 130 Å². The van der Waals surface area contributed by atoms with Gasteiger partial charge in [0.05, 0.1) is 18.4 Å². The van der Waals surface area contributed by atoms with E-state index in [4.69, 9.17) is 4.74 Å². The summed E-state index contributed by atoms with van der Waals surface area (Å²) in [6.07, 6.45) is 2.02. The Morgan fingerprint density at radius 1 is 1.14 bits per heavy atom. The van der Waals surface area contributed by atoms with Crippen molar-refractivity contribution in [3.05, 3.63) is 52.3 Å². The molecular formula is C18H21NO3. The fourth-order valence-corrected chi connectivity index (χ4v) is 2.71. The topological polar surface area (TPSA) is 51.5 Å². The van der Waals surface area contributed by atoms with Crippen LogP contribution in [0.2, 0.25) is 0 Å². The molecule has 116 valence electrons. The monoisotopic (exact) mass is 299 g/mol. The Balaban J connectivity index is 2.15. The van der Waals surface area contributed by atoms with Crippen molar-refractivity contribution < 1.29 is 9.84 Å². The van der Waals surface area contributed by atoms with E-state index in [1.165, 1.54) is 0 Å². The van der Waals surface area contributed by atoms with E-state index in [9.17, 15) is 9.90 Å². The number of methoxy groups -OCH3 is 1. The number of aliphatic hydroxyl groups is 1. The zero-order valence-corrected chi connectivity index (χ0v) is 13.2. The molecule has 4 nitrogen and oxygen atoms in total. The number of rotatable bonds is 4. The van der Waals surface area contributed by atoms with Crippen LogP contribution in [0, 0.1) is 0 Å². The quantitative estimate of drug-likeness (QED) is 0.944. The maximum Gasteiger partial charge on any atom is 0.257 e. The molecule has 0 unspecified atom stereocenters. The van der Waals surface area contributed by atoms with Gasteiger partial charge in [-0.2, -0.15) is 0 Å². The zero-order chi connectivity index (χ0) is 15.9. The first kappa shape index (κ1) is 14.9. The number of pyridine rings is 1. The lowest BCUT2D eigenvalue weighted by molar-refractivity contribution is 0.0765. The second-order valence-electron chi connectivity index (χ2n) is 6.33. The molecule has 1 aromatic heterocycles. The zero-order valence-electron chi connectivity index (χ0n) is 13.2. The van der Waals surface area contributed by atoms with E-state index in [2.05, 4.69) is 0 Å². The van der Waals surface area contributed by atoms with Crippen LogP contribution in [0.15, 0.2) is 41.2 Å². The van der Waals surface area contributed by atoms with E-state index < -0.39 is 5.60 Å². The van der Waals surface area contributed by atoms with Gasteiger partial charge in [-0.25, -0.2) is 0 Å². The molecule has 1 saturated carbocycles. The predicted octanol–water partition coefficient (Wildman–Crippen LogP) is 3.09. The minimum atomic E-state index is -1.13. The van der Waals surface area contributed by atoms with Crippen molar-refractivity contribution in [3.63, 3.8) is 0 Å². The number of hydrogen-bond acceptors (Lipinski definition) is 3. The molecule has 0 amide bonds. The fraction of sp³-hybridized carbons (Fsp3) is 0.389. The van der Waals surface area contributed by atoms with Crippen molar-refractivity contribution in [2.75, 3.05) is 7.11 Å². The van der Waals surface area contributed by atoms with Crippen LogP contribution in [-0.2, 0) is 5.60 Å². The highest BCUT2D eigenvalue weighted by Gasteiger charge is 2.30. The smallest absolute Gasteiger partial charge is 0.257 e. The van der Waals surface area contributed by atoms with Crippen molar-refractivity contribution in [1.82, 2.24) is 4.57 Å². The summed E-state index contributed by atoms with van der Waals surface area (Å²) in [5, 5.41) is 10.2. The van der Waals surface area contributed by atoms with Crippen molar-refractivity contribution in [3.8, 4) is 17.0 Å². The maximum atomic E-state index is 12.8. The van der Waals surface area contributed by atoms with E-state index in [1.54, 1.807) is 27.0 Å². The summed E-state index contributed by atoms with van der Waals surface area (Å²) in [5.41, 5.74) is 1.09. The maximum absolute atomic E-state index is 12.8. The molecule has 3 rings (SSSR count). The van der Waals surface area contributed by atoms with Gasteiger partial charge in [0, 0.05) is 11.6 Å². The van der Waals surface area contributed by atoms with Crippen LogP contribution >= 0.6 is 0 Å². The molecule has 1 aliphatic carbocycles. The molecule has 22 heavy (non-hydrogen) atoms. The molecule has 4 heteroatoms. The second-order valence-corrected chi connectivity index (χ2v) is 6.33. The molecule has 1 aliphatic rings. The third-order valence-electron chi connectivity index (χ3n) is 4.07. The molecule has 1 heterocycles. The molecule has 2 aromatic rings. The van der Waals surface area contributed by atoms with E-state index in [0.29, 0.717) is 5.56 Å². The first-order valence-corrected chi connectivity index (χ1v) is 7.54. The van der Waals surface area contributed by atoms with Crippen LogP contribution in [-0.4, -0.2) is 16.8 Å². The average molecular weight is 299 g/mol. The van der Waals surface area contributed by atoms with Crippen LogP contribution in [0.1, 0.15) is 38.3 Å².